The van der Waals surface area contributed by atoms with Crippen LogP contribution in [0.1, 0.15) is 33.6 Å². The summed E-state index contributed by atoms with van der Waals surface area (Å²) in [6, 6.07) is 13.0. The number of benzene rings is 2. The van der Waals surface area contributed by atoms with E-state index in [4.69, 9.17) is 27.9 Å². The molecule has 0 radical (unpaired) electrons. The summed E-state index contributed by atoms with van der Waals surface area (Å²) in [6.45, 7) is 6.53. The fraction of sp³-hybridized carbons (Fsp3) is 0.333. The third-order valence-electron chi connectivity index (χ3n) is 5.37. The molecule has 0 spiro atoms. The molecule has 1 aliphatic heterocycles. The average Bonchev–Trinajstić information content (AvgIpc) is 3.00. The first kappa shape index (κ1) is 21.7. The summed E-state index contributed by atoms with van der Waals surface area (Å²) in [5.74, 6) is -0.142. The lowest BCUT2D eigenvalue weighted by Gasteiger charge is -2.21. The molecule has 2 heterocycles. The van der Waals surface area contributed by atoms with Crippen molar-refractivity contribution in [3.05, 3.63) is 62.9 Å². The molecule has 162 valence electrons. The van der Waals surface area contributed by atoms with Crippen molar-refractivity contribution >= 4 is 29.2 Å². The Morgan fingerprint density at radius 2 is 1.65 bits per heavy atom. The Morgan fingerprint density at radius 3 is 2.32 bits per heavy atom. The number of halogens is 2. The predicted molar refractivity (Wildman–Crippen MR) is 124 cm³/mol. The van der Waals surface area contributed by atoms with Crippen LogP contribution in [0.3, 0.4) is 0 Å². The molecule has 31 heavy (non-hydrogen) atoms. The first-order chi connectivity index (χ1) is 14.7. The summed E-state index contributed by atoms with van der Waals surface area (Å²) in [7, 11) is 0. The van der Waals surface area contributed by atoms with E-state index in [2.05, 4.69) is 0 Å². The van der Waals surface area contributed by atoms with Gasteiger partial charge < -0.3 is 4.74 Å². The van der Waals surface area contributed by atoms with Gasteiger partial charge in [-0.25, -0.2) is 4.68 Å². The third-order valence-corrected chi connectivity index (χ3v) is 5.94. The lowest BCUT2D eigenvalue weighted by molar-refractivity contribution is -0.143. The maximum Gasteiger partial charge on any atom is 0.317 e. The summed E-state index contributed by atoms with van der Waals surface area (Å²) in [6.07, 6.45) is 1.80. The minimum Gasteiger partial charge on any atom is -0.407 e. The number of nitrogens with zero attached hydrogens (tertiary/aromatic N) is 2. The van der Waals surface area contributed by atoms with Gasteiger partial charge in [0.2, 0.25) is 5.88 Å². The van der Waals surface area contributed by atoms with E-state index in [1.165, 1.54) is 0 Å². The molecule has 0 atom stereocenters. The van der Waals surface area contributed by atoms with Gasteiger partial charge in [-0.3, -0.25) is 14.3 Å². The van der Waals surface area contributed by atoms with Gasteiger partial charge in [-0.1, -0.05) is 41.4 Å². The van der Waals surface area contributed by atoms with Gasteiger partial charge in [0.05, 0.1) is 5.41 Å². The van der Waals surface area contributed by atoms with Gasteiger partial charge in [0.25, 0.3) is 5.56 Å². The summed E-state index contributed by atoms with van der Waals surface area (Å²) in [5.41, 5.74) is 1.70. The molecule has 4 rings (SSSR count). The smallest absolute Gasteiger partial charge is 0.317 e. The molecule has 0 fully saturated rings. The fourth-order valence-electron chi connectivity index (χ4n) is 3.68. The molecule has 0 bridgehead atoms. The molecule has 0 aliphatic carbocycles. The van der Waals surface area contributed by atoms with Crippen molar-refractivity contribution in [2.45, 2.75) is 46.7 Å². The maximum atomic E-state index is 13.4. The Hall–Kier alpha value is -2.50. The van der Waals surface area contributed by atoms with Crippen LogP contribution in [-0.2, 0) is 17.9 Å². The van der Waals surface area contributed by atoms with Crippen molar-refractivity contribution in [2.24, 2.45) is 5.41 Å². The Bertz CT molecular complexity index is 1220. The van der Waals surface area contributed by atoms with Crippen molar-refractivity contribution in [1.82, 2.24) is 9.36 Å². The van der Waals surface area contributed by atoms with Crippen molar-refractivity contribution in [1.29, 1.82) is 0 Å². The molecular weight excluding hydrogens is 435 g/mol. The van der Waals surface area contributed by atoms with Gasteiger partial charge >= 0.3 is 5.97 Å². The first-order valence-electron chi connectivity index (χ1n) is 10.3. The van der Waals surface area contributed by atoms with Crippen molar-refractivity contribution in [3.8, 4) is 28.1 Å². The monoisotopic (exact) mass is 458 g/mol. The number of carbonyl (C=O) groups excluding carboxylic acids is 1. The van der Waals surface area contributed by atoms with Crippen LogP contribution in [0.2, 0.25) is 10.0 Å². The van der Waals surface area contributed by atoms with E-state index in [0.29, 0.717) is 34.3 Å². The molecular formula is C24H24Cl2N2O3. The number of rotatable bonds is 3. The number of hydrogen-bond donors (Lipinski definition) is 0. The quantitative estimate of drug-likeness (QED) is 0.449. The number of fused-ring (bicyclic) bond motifs is 1. The molecule has 7 heteroatoms. The molecule has 0 saturated heterocycles. The number of aromatic nitrogens is 2. The van der Waals surface area contributed by atoms with Gasteiger partial charge in [0, 0.05) is 28.7 Å². The maximum absolute atomic E-state index is 13.4. The van der Waals surface area contributed by atoms with Gasteiger partial charge in [0.15, 0.2) is 0 Å². The largest absolute Gasteiger partial charge is 0.407 e. The molecule has 3 aromatic rings. The van der Waals surface area contributed by atoms with Gasteiger partial charge in [-0.05, 0) is 69.0 Å². The van der Waals surface area contributed by atoms with Crippen LogP contribution in [0.25, 0.3) is 22.3 Å². The van der Waals surface area contributed by atoms with Crippen LogP contribution in [0, 0.1) is 5.41 Å². The minimum atomic E-state index is -0.712. The predicted octanol–water partition coefficient (Wildman–Crippen LogP) is 6.04. The Labute approximate surface area is 191 Å². The zero-order valence-corrected chi connectivity index (χ0v) is 19.3. The molecule has 0 N–H and O–H groups in total. The van der Waals surface area contributed by atoms with E-state index in [1.54, 1.807) is 42.3 Å². The number of carbonyl (C=O) groups is 1. The second kappa shape index (κ2) is 8.21. The standard InChI is InChI=1S/C24H24Cl2N2O3/c1-24(2,3)23(30)31-22-20(21(29)27-11-4-5-12-28(22)27)18-14-16(9-10-19(18)26)15-7-6-8-17(25)13-15/h6-10,13-14H,4-5,11-12H2,1-3H3. The van der Waals surface area contributed by atoms with E-state index in [0.717, 1.165) is 24.0 Å². The SMILES string of the molecule is CC(C)(C)C(=O)Oc1c(-c2cc(-c3cccc(Cl)c3)ccc2Cl)c(=O)n2n1CCCC2. The highest BCUT2D eigenvalue weighted by Gasteiger charge is 2.31. The zero-order chi connectivity index (χ0) is 22.3. The summed E-state index contributed by atoms with van der Waals surface area (Å²) in [5, 5.41) is 1.03. The highest BCUT2D eigenvalue weighted by Crippen LogP contribution is 2.38. The fourth-order valence-corrected chi connectivity index (χ4v) is 4.08. The van der Waals surface area contributed by atoms with E-state index < -0.39 is 11.4 Å². The van der Waals surface area contributed by atoms with Crippen LogP contribution in [0.15, 0.2) is 47.3 Å². The zero-order valence-electron chi connectivity index (χ0n) is 17.7. The molecule has 5 nitrogen and oxygen atoms in total. The summed E-state index contributed by atoms with van der Waals surface area (Å²) < 4.78 is 9.24. The van der Waals surface area contributed by atoms with E-state index in [-0.39, 0.29) is 11.4 Å². The van der Waals surface area contributed by atoms with E-state index in [9.17, 15) is 9.59 Å². The minimum absolute atomic E-state index is 0.207. The molecule has 0 saturated carbocycles. The Morgan fingerprint density at radius 1 is 0.968 bits per heavy atom. The molecule has 0 amide bonds. The van der Waals surface area contributed by atoms with Crippen LogP contribution < -0.4 is 10.3 Å². The van der Waals surface area contributed by atoms with Crippen LogP contribution in [-0.4, -0.2) is 15.3 Å². The van der Waals surface area contributed by atoms with Crippen LogP contribution in [0.4, 0.5) is 0 Å². The first-order valence-corrected chi connectivity index (χ1v) is 11.0. The van der Waals surface area contributed by atoms with E-state index in [1.807, 2.05) is 30.3 Å². The molecule has 2 aromatic carbocycles. The van der Waals surface area contributed by atoms with Crippen LogP contribution >= 0.6 is 23.2 Å². The number of ether oxygens (including phenoxy) is 1. The van der Waals surface area contributed by atoms with E-state index >= 15 is 0 Å². The highest BCUT2D eigenvalue weighted by atomic mass is 35.5. The average molecular weight is 459 g/mol. The lowest BCUT2D eigenvalue weighted by Crippen LogP contribution is -2.29. The van der Waals surface area contributed by atoms with Crippen molar-refractivity contribution in [2.75, 3.05) is 0 Å². The normalized spacial score (nSPS) is 13.7. The summed E-state index contributed by atoms with van der Waals surface area (Å²) >= 11 is 12.7. The van der Waals surface area contributed by atoms with Crippen LogP contribution in [0.5, 0.6) is 5.88 Å². The Balaban J connectivity index is 1.92. The number of esters is 1. The van der Waals surface area contributed by atoms with Crippen molar-refractivity contribution in [3.63, 3.8) is 0 Å². The van der Waals surface area contributed by atoms with Crippen molar-refractivity contribution < 1.29 is 9.53 Å². The molecule has 1 aromatic heterocycles. The Kier molecular flexibility index (Phi) is 5.75. The summed E-state index contributed by atoms with van der Waals surface area (Å²) in [4.78, 5) is 26.1. The van der Waals surface area contributed by atoms with Gasteiger partial charge in [-0.15, -0.1) is 0 Å². The molecule has 1 aliphatic rings. The number of hydrogen-bond acceptors (Lipinski definition) is 3. The van der Waals surface area contributed by atoms with Gasteiger partial charge in [-0.2, -0.15) is 0 Å². The lowest BCUT2D eigenvalue weighted by atomic mass is 9.97. The molecule has 0 unspecified atom stereocenters. The highest BCUT2D eigenvalue weighted by molar-refractivity contribution is 6.33. The second-order valence-corrected chi connectivity index (χ2v) is 9.63. The second-order valence-electron chi connectivity index (χ2n) is 8.78. The topological polar surface area (TPSA) is 53.2 Å². The third kappa shape index (κ3) is 4.17. The van der Waals surface area contributed by atoms with Gasteiger partial charge in [0.1, 0.15) is 5.56 Å².